The zero-order chi connectivity index (χ0) is 22.5. The van der Waals surface area contributed by atoms with Crippen LogP contribution in [-0.4, -0.2) is 43.7 Å². The number of amides is 1. The predicted molar refractivity (Wildman–Crippen MR) is 116 cm³/mol. The summed E-state index contributed by atoms with van der Waals surface area (Å²) in [5.41, 5.74) is 0.598. The maximum absolute atomic E-state index is 13.5. The topological polar surface area (TPSA) is 66.5 Å². The highest BCUT2D eigenvalue weighted by atomic mass is 19.2. The molecule has 2 aromatic rings. The number of carbonyl (C=O) groups excluding carboxylic acids is 1. The Labute approximate surface area is 185 Å². The number of aromatic nitrogens is 1. The lowest BCUT2D eigenvalue weighted by molar-refractivity contribution is -0.115. The molecule has 9 heteroatoms. The zero-order valence-electron chi connectivity index (χ0n) is 17.8. The minimum absolute atomic E-state index is 0.0596. The van der Waals surface area contributed by atoms with Crippen LogP contribution in [0.2, 0.25) is 0 Å². The van der Waals surface area contributed by atoms with E-state index in [9.17, 15) is 18.0 Å². The molecule has 2 aliphatic rings. The summed E-state index contributed by atoms with van der Waals surface area (Å²) in [6.07, 6.45) is 3.85. The van der Waals surface area contributed by atoms with Gasteiger partial charge in [-0.3, -0.25) is 4.79 Å². The number of hydrogen-bond acceptors (Lipinski definition) is 5. The molecule has 0 aliphatic carbocycles. The van der Waals surface area contributed by atoms with Crippen molar-refractivity contribution in [3.63, 3.8) is 0 Å². The second kappa shape index (κ2) is 10.2. The molecule has 1 aromatic carbocycles. The van der Waals surface area contributed by atoms with Crippen molar-refractivity contribution in [3.05, 3.63) is 47.3 Å². The van der Waals surface area contributed by atoms with E-state index >= 15 is 0 Å². The van der Waals surface area contributed by atoms with E-state index in [0.29, 0.717) is 17.4 Å². The Kier molecular flexibility index (Phi) is 7.14. The molecule has 0 unspecified atom stereocenters. The molecule has 3 heterocycles. The molecule has 172 valence electrons. The Bertz CT molecular complexity index is 937. The second-order valence-electron chi connectivity index (χ2n) is 8.30. The van der Waals surface area contributed by atoms with E-state index in [2.05, 4.69) is 15.5 Å². The molecule has 0 bridgehead atoms. The third-order valence-electron chi connectivity index (χ3n) is 5.88. The van der Waals surface area contributed by atoms with E-state index in [1.54, 1.807) is 6.07 Å². The van der Waals surface area contributed by atoms with Gasteiger partial charge in [0.05, 0.1) is 12.1 Å². The summed E-state index contributed by atoms with van der Waals surface area (Å²) in [5.74, 6) is -2.68. The number of rotatable bonds is 7. The van der Waals surface area contributed by atoms with E-state index < -0.39 is 23.4 Å². The lowest BCUT2D eigenvalue weighted by atomic mass is 10.0. The molecular formula is C23H27F3N4O2. The van der Waals surface area contributed by atoms with Gasteiger partial charge in [0.2, 0.25) is 5.91 Å². The van der Waals surface area contributed by atoms with Gasteiger partial charge in [0, 0.05) is 32.8 Å². The molecule has 32 heavy (non-hydrogen) atoms. The highest BCUT2D eigenvalue weighted by molar-refractivity contribution is 5.95. The number of ether oxygens (including phenoxy) is 1. The van der Waals surface area contributed by atoms with Gasteiger partial charge in [-0.05, 0) is 61.4 Å². The van der Waals surface area contributed by atoms with Gasteiger partial charge in [-0.2, -0.15) is 0 Å². The molecule has 2 N–H and O–H groups in total. The molecule has 2 fully saturated rings. The van der Waals surface area contributed by atoms with Crippen LogP contribution in [0.5, 0.6) is 0 Å². The first kappa shape index (κ1) is 22.4. The van der Waals surface area contributed by atoms with Crippen LogP contribution in [-0.2, 0) is 16.0 Å². The van der Waals surface area contributed by atoms with Gasteiger partial charge in [0.25, 0.3) is 0 Å². The van der Waals surface area contributed by atoms with Gasteiger partial charge in [-0.1, -0.05) is 0 Å². The van der Waals surface area contributed by atoms with Crippen molar-refractivity contribution in [1.82, 2.24) is 4.98 Å². The number of hydrogen-bond donors (Lipinski definition) is 2. The monoisotopic (exact) mass is 448 g/mol. The quantitative estimate of drug-likeness (QED) is 0.624. The standard InChI is InChI=1S/C23H27F3N4O2/c24-17-11-16(12-18(25)22(17)26)13-21(31)28-19-3-4-20(27-14-15-5-9-32-10-6-15)29-23(19)30-7-1-2-8-30/h3-4,11-12,15H,1-2,5-10,13-14H2,(H,27,29)(H,28,31). The number of nitrogens with zero attached hydrogens (tertiary/aromatic N) is 2. The molecule has 0 saturated carbocycles. The molecule has 0 spiro atoms. The van der Waals surface area contributed by atoms with Gasteiger partial charge in [0.1, 0.15) is 5.82 Å². The minimum Gasteiger partial charge on any atom is -0.381 e. The molecule has 1 aromatic heterocycles. The van der Waals surface area contributed by atoms with Crippen LogP contribution < -0.4 is 15.5 Å². The molecular weight excluding hydrogens is 421 g/mol. The predicted octanol–water partition coefficient (Wildman–Crippen LogP) is 4.12. The van der Waals surface area contributed by atoms with Crippen molar-refractivity contribution < 1.29 is 22.7 Å². The van der Waals surface area contributed by atoms with Crippen LogP contribution in [0, 0.1) is 23.4 Å². The van der Waals surface area contributed by atoms with E-state index in [0.717, 1.165) is 76.5 Å². The first-order valence-corrected chi connectivity index (χ1v) is 11.0. The number of benzene rings is 1. The zero-order valence-corrected chi connectivity index (χ0v) is 17.8. The average molecular weight is 448 g/mol. The van der Waals surface area contributed by atoms with Gasteiger partial charge in [-0.15, -0.1) is 0 Å². The van der Waals surface area contributed by atoms with Crippen LogP contribution in [0.3, 0.4) is 0 Å². The molecule has 0 radical (unpaired) electrons. The van der Waals surface area contributed by atoms with Crippen molar-refractivity contribution in [1.29, 1.82) is 0 Å². The van der Waals surface area contributed by atoms with E-state index in [4.69, 9.17) is 9.72 Å². The molecule has 2 saturated heterocycles. The fraction of sp³-hybridized carbons (Fsp3) is 0.478. The molecule has 0 atom stereocenters. The first-order chi connectivity index (χ1) is 15.5. The van der Waals surface area contributed by atoms with Crippen LogP contribution in [0.4, 0.5) is 30.5 Å². The van der Waals surface area contributed by atoms with Crippen molar-refractivity contribution in [2.45, 2.75) is 32.1 Å². The van der Waals surface area contributed by atoms with Crippen LogP contribution in [0.1, 0.15) is 31.2 Å². The maximum atomic E-state index is 13.5. The Balaban J connectivity index is 1.46. The number of carbonyl (C=O) groups is 1. The SMILES string of the molecule is O=C(Cc1cc(F)c(F)c(F)c1)Nc1ccc(NCC2CCOCC2)nc1N1CCCC1. The van der Waals surface area contributed by atoms with E-state index in [-0.39, 0.29) is 12.0 Å². The van der Waals surface area contributed by atoms with Gasteiger partial charge < -0.3 is 20.3 Å². The third kappa shape index (κ3) is 5.51. The highest BCUT2D eigenvalue weighted by Crippen LogP contribution is 2.29. The summed E-state index contributed by atoms with van der Waals surface area (Å²) in [4.78, 5) is 19.4. The van der Waals surface area contributed by atoms with Crippen LogP contribution >= 0.6 is 0 Å². The molecule has 6 nitrogen and oxygen atoms in total. The Hall–Kier alpha value is -2.81. The van der Waals surface area contributed by atoms with Crippen molar-refractivity contribution >= 4 is 23.2 Å². The smallest absolute Gasteiger partial charge is 0.228 e. The van der Waals surface area contributed by atoms with E-state index in [1.807, 2.05) is 6.07 Å². The largest absolute Gasteiger partial charge is 0.381 e. The fourth-order valence-electron chi connectivity index (χ4n) is 4.10. The Morgan fingerprint density at radius 2 is 1.78 bits per heavy atom. The Morgan fingerprint density at radius 3 is 2.47 bits per heavy atom. The summed E-state index contributed by atoms with van der Waals surface area (Å²) in [7, 11) is 0. The molecule has 2 aliphatic heterocycles. The molecule has 4 rings (SSSR count). The number of halogens is 3. The number of anilines is 3. The normalized spacial score (nSPS) is 16.9. The maximum Gasteiger partial charge on any atom is 0.228 e. The highest BCUT2D eigenvalue weighted by Gasteiger charge is 2.21. The fourth-order valence-corrected chi connectivity index (χ4v) is 4.10. The van der Waals surface area contributed by atoms with Gasteiger partial charge in [-0.25, -0.2) is 18.2 Å². The summed E-state index contributed by atoms with van der Waals surface area (Å²) in [5, 5.41) is 6.19. The number of pyridine rings is 1. The molecule has 1 amide bonds. The Morgan fingerprint density at radius 1 is 1.09 bits per heavy atom. The summed E-state index contributed by atoms with van der Waals surface area (Å²) >= 11 is 0. The van der Waals surface area contributed by atoms with Gasteiger partial charge >= 0.3 is 0 Å². The van der Waals surface area contributed by atoms with Crippen molar-refractivity contribution in [2.24, 2.45) is 5.92 Å². The minimum atomic E-state index is -1.54. The summed E-state index contributed by atoms with van der Waals surface area (Å²) in [6.45, 7) is 4.06. The van der Waals surface area contributed by atoms with Crippen molar-refractivity contribution in [2.75, 3.05) is 48.4 Å². The summed E-state index contributed by atoms with van der Waals surface area (Å²) in [6, 6.07) is 5.27. The average Bonchev–Trinajstić information content (AvgIpc) is 3.32. The van der Waals surface area contributed by atoms with Gasteiger partial charge in [0.15, 0.2) is 23.3 Å². The lowest BCUT2D eigenvalue weighted by Crippen LogP contribution is -2.25. The second-order valence-corrected chi connectivity index (χ2v) is 8.30. The lowest BCUT2D eigenvalue weighted by Gasteiger charge is -2.24. The number of nitrogens with one attached hydrogen (secondary N) is 2. The van der Waals surface area contributed by atoms with Crippen LogP contribution in [0.15, 0.2) is 24.3 Å². The summed E-state index contributed by atoms with van der Waals surface area (Å²) < 4.78 is 45.5. The van der Waals surface area contributed by atoms with Crippen molar-refractivity contribution in [3.8, 4) is 0 Å². The van der Waals surface area contributed by atoms with Crippen LogP contribution in [0.25, 0.3) is 0 Å². The first-order valence-electron chi connectivity index (χ1n) is 11.0. The third-order valence-corrected chi connectivity index (χ3v) is 5.88. The van der Waals surface area contributed by atoms with E-state index in [1.165, 1.54) is 0 Å².